The summed E-state index contributed by atoms with van der Waals surface area (Å²) in [6, 6.07) is 7.81. The van der Waals surface area contributed by atoms with Crippen LogP contribution in [0.2, 0.25) is 0 Å². The monoisotopic (exact) mass is 266 g/mol. The van der Waals surface area contributed by atoms with E-state index in [9.17, 15) is 0 Å². The predicted molar refractivity (Wildman–Crippen MR) is 69.9 cm³/mol. The molecule has 3 nitrogen and oxygen atoms in total. The topological polar surface area (TPSA) is 35.0 Å². The van der Waals surface area contributed by atoms with E-state index < -0.39 is 0 Å². The second-order valence-corrected chi connectivity index (χ2v) is 4.40. The molecule has 17 heavy (non-hydrogen) atoms. The van der Waals surface area contributed by atoms with Crippen molar-refractivity contribution < 1.29 is 4.74 Å². The predicted octanol–water partition coefficient (Wildman–Crippen LogP) is 3.73. The molecule has 1 aromatic heterocycles. The van der Waals surface area contributed by atoms with E-state index in [0.29, 0.717) is 11.8 Å². The van der Waals surface area contributed by atoms with Gasteiger partial charge in [0.05, 0.1) is 24.0 Å². The molecule has 1 heterocycles. The summed E-state index contributed by atoms with van der Waals surface area (Å²) in [5, 5.41) is 0. The minimum absolute atomic E-state index is 0.357. The highest BCUT2D eigenvalue weighted by Gasteiger charge is 2.00. The molecule has 0 fully saturated rings. The Bertz CT molecular complexity index is 427. The molecule has 0 aliphatic heterocycles. The fraction of sp³-hybridized carbons (Fsp3) is 0.167. The average molecular weight is 267 g/mol. The van der Waals surface area contributed by atoms with Gasteiger partial charge in [-0.25, -0.2) is 4.98 Å². The highest BCUT2D eigenvalue weighted by Crippen LogP contribution is 2.22. The average Bonchev–Trinajstić information content (AvgIpc) is 2.40. The maximum Gasteiger partial charge on any atom is 0.237 e. The Morgan fingerprint density at radius 1 is 1.18 bits per heavy atom. The molecule has 0 saturated heterocycles. The van der Waals surface area contributed by atoms with Crippen molar-refractivity contribution in [2.75, 3.05) is 6.26 Å². The maximum atomic E-state index is 5.63. The molecule has 1 aromatic carbocycles. The number of halogens is 1. The first kappa shape index (κ1) is 12.2. The summed E-state index contributed by atoms with van der Waals surface area (Å²) in [5.41, 5.74) is 0.733. The van der Waals surface area contributed by atoms with Gasteiger partial charge in [0, 0.05) is 4.90 Å². The molecule has 0 spiro atoms. The summed E-state index contributed by atoms with van der Waals surface area (Å²) >= 11 is 7.32. The van der Waals surface area contributed by atoms with Crippen LogP contribution in [0.15, 0.2) is 41.6 Å². The first-order chi connectivity index (χ1) is 8.31. The van der Waals surface area contributed by atoms with Crippen LogP contribution >= 0.6 is 23.4 Å². The van der Waals surface area contributed by atoms with Crippen molar-refractivity contribution in [3.05, 3.63) is 42.4 Å². The maximum absolute atomic E-state index is 5.63. The lowest BCUT2D eigenvalue weighted by Gasteiger charge is -2.05. The molecule has 88 valence electrons. The van der Waals surface area contributed by atoms with Crippen LogP contribution in [0.4, 0.5) is 0 Å². The van der Waals surface area contributed by atoms with Crippen molar-refractivity contribution in [2.45, 2.75) is 10.8 Å². The second-order valence-electron chi connectivity index (χ2n) is 3.26. The van der Waals surface area contributed by atoms with E-state index in [1.54, 1.807) is 24.2 Å². The largest absolute Gasteiger partial charge is 0.438 e. The van der Waals surface area contributed by atoms with Crippen LogP contribution in [0.25, 0.3) is 0 Å². The zero-order valence-electron chi connectivity index (χ0n) is 9.26. The fourth-order valence-electron chi connectivity index (χ4n) is 1.23. The Balaban J connectivity index is 2.08. The van der Waals surface area contributed by atoms with Crippen LogP contribution < -0.4 is 4.74 Å². The van der Waals surface area contributed by atoms with Crippen LogP contribution in [0.1, 0.15) is 5.69 Å². The third-order valence-electron chi connectivity index (χ3n) is 2.10. The Morgan fingerprint density at radius 3 is 2.47 bits per heavy atom. The molecule has 0 aliphatic carbocycles. The fourth-order valence-corrected chi connectivity index (χ4v) is 1.78. The molecule has 5 heteroatoms. The van der Waals surface area contributed by atoms with Gasteiger partial charge in [0.1, 0.15) is 5.75 Å². The lowest BCUT2D eigenvalue weighted by Crippen LogP contribution is -1.91. The Morgan fingerprint density at radius 2 is 1.94 bits per heavy atom. The van der Waals surface area contributed by atoms with E-state index >= 15 is 0 Å². The van der Waals surface area contributed by atoms with Gasteiger partial charge in [-0.2, -0.15) is 0 Å². The molecule has 0 aliphatic rings. The molecule has 0 saturated carbocycles. The van der Waals surface area contributed by atoms with Gasteiger partial charge in [-0.15, -0.1) is 23.4 Å². The van der Waals surface area contributed by atoms with Gasteiger partial charge in [0.2, 0.25) is 5.88 Å². The number of rotatable bonds is 4. The zero-order chi connectivity index (χ0) is 12.1. The quantitative estimate of drug-likeness (QED) is 0.624. The normalized spacial score (nSPS) is 10.2. The SMILES string of the molecule is CSc1ccc(Oc2cnc(CCl)cn2)cc1. The number of hydrogen-bond donors (Lipinski definition) is 0. The zero-order valence-corrected chi connectivity index (χ0v) is 10.8. The van der Waals surface area contributed by atoms with Gasteiger partial charge < -0.3 is 4.74 Å². The third kappa shape index (κ3) is 3.35. The molecule has 0 N–H and O–H groups in total. The van der Waals surface area contributed by atoms with Crippen molar-refractivity contribution in [2.24, 2.45) is 0 Å². The molecular formula is C12H11ClN2OS. The number of hydrogen-bond acceptors (Lipinski definition) is 4. The Kier molecular flexibility index (Phi) is 4.23. The standard InChI is InChI=1S/C12H11ClN2OS/c1-17-11-4-2-10(3-5-11)16-12-8-14-9(6-13)7-15-12/h2-5,7-8H,6H2,1H3. The Hall–Kier alpha value is -1.26. The van der Waals surface area contributed by atoms with E-state index in [2.05, 4.69) is 9.97 Å². The second kappa shape index (κ2) is 5.89. The van der Waals surface area contributed by atoms with E-state index in [1.165, 1.54) is 4.90 Å². The van der Waals surface area contributed by atoms with Crippen molar-refractivity contribution >= 4 is 23.4 Å². The Labute approximate surface area is 109 Å². The number of thioether (sulfide) groups is 1. The van der Waals surface area contributed by atoms with Crippen molar-refractivity contribution in [1.29, 1.82) is 0 Å². The summed E-state index contributed by atoms with van der Waals surface area (Å²) < 4.78 is 5.55. The minimum Gasteiger partial charge on any atom is -0.438 e. The van der Waals surface area contributed by atoms with E-state index in [1.807, 2.05) is 30.5 Å². The highest BCUT2D eigenvalue weighted by molar-refractivity contribution is 7.98. The van der Waals surface area contributed by atoms with Crippen LogP contribution in [0.5, 0.6) is 11.6 Å². The van der Waals surface area contributed by atoms with Crippen molar-refractivity contribution in [3.63, 3.8) is 0 Å². The van der Waals surface area contributed by atoms with Crippen LogP contribution in [-0.4, -0.2) is 16.2 Å². The van der Waals surface area contributed by atoms with Crippen LogP contribution in [-0.2, 0) is 5.88 Å². The molecule has 0 amide bonds. The molecule has 0 atom stereocenters. The summed E-state index contributed by atoms with van der Waals surface area (Å²) in [7, 11) is 0. The van der Waals surface area contributed by atoms with E-state index in [0.717, 1.165) is 11.4 Å². The summed E-state index contributed by atoms with van der Waals surface area (Å²) in [6.07, 6.45) is 5.21. The number of alkyl halides is 1. The van der Waals surface area contributed by atoms with Gasteiger partial charge in [-0.3, -0.25) is 4.98 Å². The van der Waals surface area contributed by atoms with Crippen LogP contribution in [0, 0.1) is 0 Å². The number of benzene rings is 1. The number of aromatic nitrogens is 2. The number of nitrogens with zero attached hydrogens (tertiary/aromatic N) is 2. The van der Waals surface area contributed by atoms with Gasteiger partial charge in [-0.05, 0) is 30.5 Å². The molecule has 2 aromatic rings. The van der Waals surface area contributed by atoms with Crippen LogP contribution in [0.3, 0.4) is 0 Å². The molecule has 0 radical (unpaired) electrons. The van der Waals surface area contributed by atoms with Gasteiger partial charge in [-0.1, -0.05) is 0 Å². The summed E-state index contributed by atoms with van der Waals surface area (Å²) in [4.78, 5) is 9.41. The molecule has 2 rings (SSSR count). The van der Waals surface area contributed by atoms with E-state index in [-0.39, 0.29) is 0 Å². The van der Waals surface area contributed by atoms with Gasteiger partial charge in [0.25, 0.3) is 0 Å². The summed E-state index contributed by atoms with van der Waals surface area (Å²) in [6.45, 7) is 0. The first-order valence-electron chi connectivity index (χ1n) is 5.00. The highest BCUT2D eigenvalue weighted by atomic mass is 35.5. The lowest BCUT2D eigenvalue weighted by atomic mass is 10.3. The third-order valence-corrected chi connectivity index (χ3v) is 3.12. The molecular weight excluding hydrogens is 256 g/mol. The van der Waals surface area contributed by atoms with E-state index in [4.69, 9.17) is 16.3 Å². The van der Waals surface area contributed by atoms with Crippen molar-refractivity contribution in [1.82, 2.24) is 9.97 Å². The number of ether oxygens (including phenoxy) is 1. The van der Waals surface area contributed by atoms with Gasteiger partial charge in [0.15, 0.2) is 0 Å². The lowest BCUT2D eigenvalue weighted by molar-refractivity contribution is 0.459. The smallest absolute Gasteiger partial charge is 0.237 e. The molecule has 0 bridgehead atoms. The molecule has 0 unspecified atom stereocenters. The van der Waals surface area contributed by atoms with Gasteiger partial charge >= 0.3 is 0 Å². The summed E-state index contributed by atoms with van der Waals surface area (Å²) in [5.74, 6) is 1.57. The first-order valence-corrected chi connectivity index (χ1v) is 6.76. The van der Waals surface area contributed by atoms with Crippen molar-refractivity contribution in [3.8, 4) is 11.6 Å². The minimum atomic E-state index is 0.357.